The summed E-state index contributed by atoms with van der Waals surface area (Å²) in [5.41, 5.74) is 7.76. The molecule has 6 rings (SSSR count). The van der Waals surface area contributed by atoms with Crippen molar-refractivity contribution < 1.29 is 4.57 Å². The molecule has 1 aromatic heterocycles. The Balaban J connectivity index is 1.82. The molecule has 0 N–H and O–H groups in total. The van der Waals surface area contributed by atoms with Crippen LogP contribution in [0.15, 0.2) is 97.2 Å². The molecule has 0 spiro atoms. The lowest BCUT2D eigenvalue weighted by molar-refractivity contribution is -0.725. The number of rotatable bonds is 1. The molecule has 0 saturated heterocycles. The summed E-state index contributed by atoms with van der Waals surface area (Å²) >= 11 is 0. The van der Waals surface area contributed by atoms with Crippen LogP contribution in [-0.4, -0.2) is 0 Å². The van der Waals surface area contributed by atoms with Crippen LogP contribution in [0.25, 0.3) is 33.2 Å². The van der Waals surface area contributed by atoms with Crippen molar-refractivity contribution in [2.45, 2.75) is 24.8 Å². The van der Waals surface area contributed by atoms with Gasteiger partial charge in [-0.1, -0.05) is 73.3 Å². The fraction of sp³-hybridized carbons (Fsp3) is 0.148. The summed E-state index contributed by atoms with van der Waals surface area (Å²) in [7, 11) is 0. The normalized spacial score (nSPS) is 24.4. The molecule has 1 heteroatoms. The zero-order valence-electron chi connectivity index (χ0n) is 16.2. The minimum Gasteiger partial charge on any atom is -0.187 e. The Morgan fingerprint density at radius 2 is 1.36 bits per heavy atom. The first kappa shape index (κ1) is 15.8. The van der Waals surface area contributed by atoms with Crippen LogP contribution in [0.5, 0.6) is 0 Å². The van der Waals surface area contributed by atoms with Gasteiger partial charge in [0.1, 0.15) is 0 Å². The molecule has 28 heavy (non-hydrogen) atoms. The van der Waals surface area contributed by atoms with Gasteiger partial charge in [-0.15, -0.1) is 0 Å². The van der Waals surface area contributed by atoms with E-state index in [2.05, 4.69) is 110 Å². The molecule has 0 radical (unpaired) electrons. The van der Waals surface area contributed by atoms with Crippen molar-refractivity contribution in [3.05, 3.63) is 103 Å². The highest BCUT2D eigenvalue weighted by molar-refractivity contribution is 6.03. The lowest BCUT2D eigenvalue weighted by Gasteiger charge is -2.26. The number of nitrogens with zero attached hydrogens (tertiary/aromatic N) is 1. The van der Waals surface area contributed by atoms with Crippen molar-refractivity contribution >= 4 is 10.8 Å². The van der Waals surface area contributed by atoms with Crippen molar-refractivity contribution in [2.75, 3.05) is 0 Å². The molecule has 2 heterocycles. The summed E-state index contributed by atoms with van der Waals surface area (Å²) in [6.45, 7) is 9.21. The lowest BCUT2D eigenvalue weighted by Crippen LogP contribution is -2.53. The van der Waals surface area contributed by atoms with E-state index in [4.69, 9.17) is 0 Å². The van der Waals surface area contributed by atoms with Gasteiger partial charge >= 0.3 is 0 Å². The quantitative estimate of drug-likeness (QED) is 0.289. The number of hydrogen-bond acceptors (Lipinski definition) is 0. The topological polar surface area (TPSA) is 3.88 Å². The third-order valence-electron chi connectivity index (χ3n) is 7.36. The molecule has 2 aliphatic rings. The summed E-state index contributed by atoms with van der Waals surface area (Å²) in [6, 6.07) is 28.4. The largest absolute Gasteiger partial charge is 0.221 e. The minimum absolute atomic E-state index is 0.0162. The van der Waals surface area contributed by atoms with E-state index in [0.717, 1.165) is 0 Å². The molecule has 1 saturated carbocycles. The maximum atomic E-state index is 4.51. The zero-order chi connectivity index (χ0) is 19.1. The second kappa shape index (κ2) is 4.99. The van der Waals surface area contributed by atoms with Crippen LogP contribution >= 0.6 is 0 Å². The van der Waals surface area contributed by atoms with Gasteiger partial charge in [0.05, 0.1) is 21.9 Å². The average Bonchev–Trinajstić information content (AvgIpc) is 3.22. The van der Waals surface area contributed by atoms with Gasteiger partial charge in [-0.25, -0.2) is 0 Å². The Morgan fingerprint density at radius 1 is 0.714 bits per heavy atom. The van der Waals surface area contributed by atoms with E-state index < -0.39 is 0 Å². The highest BCUT2D eigenvalue weighted by Gasteiger charge is 2.77. The summed E-state index contributed by atoms with van der Waals surface area (Å²) in [4.78, 5) is 0. The molecule has 1 aliphatic heterocycles. The van der Waals surface area contributed by atoms with Gasteiger partial charge in [-0.05, 0) is 30.2 Å². The SMILES string of the molecule is C=C1C2(C)c3ccccc3-c3c4ccccc4c(-c4ccccc4)c[n+]3C12C. The van der Waals surface area contributed by atoms with E-state index in [-0.39, 0.29) is 11.0 Å². The van der Waals surface area contributed by atoms with E-state index >= 15 is 0 Å². The van der Waals surface area contributed by atoms with E-state index in [9.17, 15) is 0 Å². The number of pyridine rings is 1. The Hall–Kier alpha value is -3.19. The van der Waals surface area contributed by atoms with Gasteiger partial charge in [-0.3, -0.25) is 0 Å². The molecule has 2 atom stereocenters. The minimum atomic E-state index is -0.0930. The van der Waals surface area contributed by atoms with Crippen molar-refractivity contribution in [1.82, 2.24) is 0 Å². The van der Waals surface area contributed by atoms with E-state index in [1.165, 1.54) is 44.3 Å². The van der Waals surface area contributed by atoms with Crippen molar-refractivity contribution in [3.8, 4) is 22.4 Å². The summed E-state index contributed by atoms with van der Waals surface area (Å²) in [6.07, 6.45) is 2.36. The molecule has 1 aliphatic carbocycles. The van der Waals surface area contributed by atoms with Gasteiger partial charge in [-0.2, -0.15) is 4.57 Å². The maximum Gasteiger partial charge on any atom is 0.221 e. The molecule has 1 nitrogen and oxygen atoms in total. The van der Waals surface area contributed by atoms with Crippen molar-refractivity contribution in [1.29, 1.82) is 0 Å². The fourth-order valence-corrected chi connectivity index (χ4v) is 5.49. The van der Waals surface area contributed by atoms with Crippen molar-refractivity contribution in [3.63, 3.8) is 0 Å². The second-order valence-corrected chi connectivity index (χ2v) is 8.39. The highest BCUT2D eigenvalue weighted by atomic mass is 15.2. The fourth-order valence-electron chi connectivity index (χ4n) is 5.49. The molecule has 1 fully saturated rings. The number of hydrogen-bond donors (Lipinski definition) is 0. The van der Waals surface area contributed by atoms with Gasteiger partial charge in [0.15, 0.2) is 6.20 Å². The number of aromatic nitrogens is 1. The average molecular weight is 360 g/mol. The summed E-state index contributed by atoms with van der Waals surface area (Å²) < 4.78 is 2.50. The predicted molar refractivity (Wildman–Crippen MR) is 115 cm³/mol. The van der Waals surface area contributed by atoms with E-state index in [1.54, 1.807) is 0 Å². The molecular formula is C27H22N+. The second-order valence-electron chi connectivity index (χ2n) is 8.39. The molecule has 0 bridgehead atoms. The van der Waals surface area contributed by atoms with Crippen LogP contribution in [0.3, 0.4) is 0 Å². The first-order valence-electron chi connectivity index (χ1n) is 9.91. The summed E-state index contributed by atoms with van der Waals surface area (Å²) in [5, 5.41) is 2.60. The van der Waals surface area contributed by atoms with Crippen LogP contribution in [0.2, 0.25) is 0 Å². The lowest BCUT2D eigenvalue weighted by atomic mass is 9.82. The number of allylic oxidation sites excluding steroid dienone is 1. The monoisotopic (exact) mass is 360 g/mol. The van der Waals surface area contributed by atoms with E-state index in [1.807, 2.05) is 0 Å². The number of benzene rings is 3. The molecule has 134 valence electrons. The molecule has 0 amide bonds. The molecule has 3 aromatic carbocycles. The van der Waals surface area contributed by atoms with Gasteiger partial charge in [0.2, 0.25) is 11.2 Å². The third kappa shape index (κ3) is 1.62. The van der Waals surface area contributed by atoms with Crippen molar-refractivity contribution in [2.24, 2.45) is 0 Å². The van der Waals surface area contributed by atoms with Crippen LogP contribution in [0, 0.1) is 0 Å². The first-order valence-corrected chi connectivity index (χ1v) is 9.91. The predicted octanol–water partition coefficient (Wildman–Crippen LogP) is 6.02. The zero-order valence-corrected chi connectivity index (χ0v) is 16.2. The van der Waals surface area contributed by atoms with Gasteiger partial charge in [0.25, 0.3) is 0 Å². The molecular weight excluding hydrogens is 338 g/mol. The number of fused-ring (bicyclic) bond motifs is 8. The molecule has 2 unspecified atom stereocenters. The first-order chi connectivity index (χ1) is 13.6. The Bertz CT molecular complexity index is 1300. The van der Waals surface area contributed by atoms with Crippen LogP contribution in [0.1, 0.15) is 19.4 Å². The standard InChI is InChI=1S/C27H22N/c1-18-26(2)24-16-10-9-15-22(24)25-21-14-8-7-13-20(21)23(17-28(25)27(18,26)3)19-11-5-4-6-12-19/h4-17H,1H2,2-3H3/q+1. The van der Waals surface area contributed by atoms with Gasteiger partial charge < -0.3 is 0 Å². The van der Waals surface area contributed by atoms with Crippen LogP contribution in [-0.2, 0) is 11.0 Å². The third-order valence-corrected chi connectivity index (χ3v) is 7.36. The molecule has 4 aromatic rings. The van der Waals surface area contributed by atoms with E-state index in [0.29, 0.717) is 0 Å². The Labute approximate surface area is 165 Å². The Kier molecular flexibility index (Phi) is 2.82. The Morgan fingerprint density at radius 3 is 2.14 bits per heavy atom. The summed E-state index contributed by atoms with van der Waals surface area (Å²) in [5.74, 6) is 0. The smallest absolute Gasteiger partial charge is 0.187 e. The van der Waals surface area contributed by atoms with Crippen LogP contribution < -0.4 is 4.57 Å². The highest BCUT2D eigenvalue weighted by Crippen LogP contribution is 2.67. The van der Waals surface area contributed by atoms with Gasteiger partial charge in [0, 0.05) is 17.9 Å². The maximum absolute atomic E-state index is 4.51. The van der Waals surface area contributed by atoms with Crippen LogP contribution in [0.4, 0.5) is 0 Å².